The highest BCUT2D eigenvalue weighted by Crippen LogP contribution is 2.28. The molecule has 2 atom stereocenters. The molecule has 0 saturated carbocycles. The van der Waals surface area contributed by atoms with Crippen LogP contribution in [0.25, 0.3) is 0 Å². The maximum absolute atomic E-state index is 11.8. The Bertz CT molecular complexity index is 312. The van der Waals surface area contributed by atoms with Crippen molar-refractivity contribution in [3.05, 3.63) is 12.2 Å². The molecule has 0 aromatic rings. The zero-order valence-electron chi connectivity index (χ0n) is 12.1. The van der Waals surface area contributed by atoms with Gasteiger partial charge in [-0.3, -0.25) is 9.59 Å². The Kier molecular flexibility index (Phi) is 6.66. The molecule has 4 heteroatoms. The fourth-order valence-corrected chi connectivity index (χ4v) is 1.52. The van der Waals surface area contributed by atoms with Gasteiger partial charge in [0.15, 0.2) is 0 Å². The van der Waals surface area contributed by atoms with Gasteiger partial charge in [0.2, 0.25) is 0 Å². The zero-order valence-corrected chi connectivity index (χ0v) is 12.1. The minimum absolute atomic E-state index is 0.237. The highest BCUT2D eigenvalue weighted by atomic mass is 16.5. The molecular weight excluding hydrogens is 232 g/mol. The molecule has 104 valence electrons. The average Bonchev–Trinajstić information content (AvgIpc) is 2.14. The van der Waals surface area contributed by atoms with Crippen molar-refractivity contribution < 1.29 is 19.1 Å². The van der Waals surface area contributed by atoms with Gasteiger partial charge < -0.3 is 9.47 Å². The molecule has 4 nitrogen and oxygen atoms in total. The third-order valence-corrected chi connectivity index (χ3v) is 2.40. The summed E-state index contributed by atoms with van der Waals surface area (Å²) in [6, 6.07) is 0. The van der Waals surface area contributed by atoms with Crippen LogP contribution in [0.1, 0.15) is 41.5 Å². The van der Waals surface area contributed by atoms with Crippen molar-refractivity contribution in [3.8, 4) is 0 Å². The standard InChI is InChI=1S/C14H24O4/c1-7-17-13(16)12(14(4,5)6)9-8-10(2)18-11(3)15/h8-10,12H,7H2,1-6H3/b9-8+/t10-,12+/m1/s1. The molecule has 0 heterocycles. The molecule has 0 fully saturated rings. The van der Waals surface area contributed by atoms with Gasteiger partial charge in [-0.1, -0.05) is 26.8 Å². The van der Waals surface area contributed by atoms with E-state index < -0.39 is 0 Å². The van der Waals surface area contributed by atoms with Crippen molar-refractivity contribution in [2.45, 2.75) is 47.6 Å². The Hall–Kier alpha value is -1.32. The van der Waals surface area contributed by atoms with E-state index in [1.807, 2.05) is 20.8 Å². The van der Waals surface area contributed by atoms with Crippen LogP contribution in [-0.4, -0.2) is 24.6 Å². The maximum Gasteiger partial charge on any atom is 0.313 e. The van der Waals surface area contributed by atoms with Gasteiger partial charge in [0, 0.05) is 6.92 Å². The summed E-state index contributed by atoms with van der Waals surface area (Å²) in [7, 11) is 0. The number of carbonyl (C=O) groups is 2. The summed E-state index contributed by atoms with van der Waals surface area (Å²) < 4.78 is 10.0. The van der Waals surface area contributed by atoms with E-state index in [1.54, 1.807) is 26.0 Å². The summed E-state index contributed by atoms with van der Waals surface area (Å²) in [6.45, 7) is 11.2. The minimum atomic E-state index is -0.351. The van der Waals surface area contributed by atoms with Gasteiger partial charge >= 0.3 is 11.9 Å². The van der Waals surface area contributed by atoms with Crippen LogP contribution in [-0.2, 0) is 19.1 Å². The second kappa shape index (κ2) is 7.19. The summed E-state index contributed by atoms with van der Waals surface area (Å²) in [5, 5.41) is 0. The first-order valence-electron chi connectivity index (χ1n) is 6.20. The van der Waals surface area contributed by atoms with Crippen LogP contribution in [0.2, 0.25) is 0 Å². The third-order valence-electron chi connectivity index (χ3n) is 2.40. The molecule has 0 amide bonds. The molecule has 18 heavy (non-hydrogen) atoms. The van der Waals surface area contributed by atoms with E-state index in [2.05, 4.69) is 0 Å². The normalized spacial score (nSPS) is 15.2. The van der Waals surface area contributed by atoms with E-state index >= 15 is 0 Å². The van der Waals surface area contributed by atoms with Crippen LogP contribution in [0.5, 0.6) is 0 Å². The summed E-state index contributed by atoms with van der Waals surface area (Å²) in [5.41, 5.74) is -0.237. The monoisotopic (exact) mass is 256 g/mol. The molecule has 0 aliphatic heterocycles. The van der Waals surface area contributed by atoms with Crippen LogP contribution in [0.15, 0.2) is 12.2 Å². The van der Waals surface area contributed by atoms with E-state index in [9.17, 15) is 9.59 Å². The summed E-state index contributed by atoms with van der Waals surface area (Å²) in [4.78, 5) is 22.6. The lowest BCUT2D eigenvalue weighted by Gasteiger charge is -2.26. The molecular formula is C14H24O4. The van der Waals surface area contributed by atoms with E-state index in [-0.39, 0.29) is 29.4 Å². The predicted molar refractivity (Wildman–Crippen MR) is 69.9 cm³/mol. The van der Waals surface area contributed by atoms with E-state index in [0.717, 1.165) is 0 Å². The molecule has 0 spiro atoms. The van der Waals surface area contributed by atoms with Crippen molar-refractivity contribution in [2.24, 2.45) is 11.3 Å². The predicted octanol–water partition coefficient (Wildman–Crippen LogP) is 2.72. The molecule has 0 unspecified atom stereocenters. The first-order chi connectivity index (χ1) is 8.18. The van der Waals surface area contributed by atoms with Gasteiger partial charge in [-0.2, -0.15) is 0 Å². The second-order valence-electron chi connectivity index (χ2n) is 5.30. The van der Waals surface area contributed by atoms with Crippen molar-refractivity contribution >= 4 is 11.9 Å². The van der Waals surface area contributed by atoms with Crippen LogP contribution in [0, 0.1) is 11.3 Å². The van der Waals surface area contributed by atoms with Gasteiger partial charge in [0.25, 0.3) is 0 Å². The topological polar surface area (TPSA) is 52.6 Å². The Morgan fingerprint density at radius 3 is 2.17 bits per heavy atom. The van der Waals surface area contributed by atoms with E-state index in [0.29, 0.717) is 6.61 Å². The molecule has 0 N–H and O–H groups in total. The lowest BCUT2D eigenvalue weighted by molar-refractivity contribution is -0.149. The van der Waals surface area contributed by atoms with Crippen LogP contribution < -0.4 is 0 Å². The van der Waals surface area contributed by atoms with Gasteiger partial charge in [0.05, 0.1) is 12.5 Å². The number of ether oxygens (including phenoxy) is 2. The summed E-state index contributed by atoms with van der Waals surface area (Å²) in [6.07, 6.45) is 3.13. The maximum atomic E-state index is 11.8. The number of esters is 2. The quantitative estimate of drug-likeness (QED) is 0.560. The third kappa shape index (κ3) is 6.42. The van der Waals surface area contributed by atoms with Gasteiger partial charge in [-0.15, -0.1) is 0 Å². The zero-order chi connectivity index (χ0) is 14.3. The van der Waals surface area contributed by atoms with Crippen molar-refractivity contribution in [3.63, 3.8) is 0 Å². The highest BCUT2D eigenvalue weighted by Gasteiger charge is 2.30. The van der Waals surface area contributed by atoms with Gasteiger partial charge in [-0.25, -0.2) is 0 Å². The SMILES string of the molecule is CCOC(=O)[C@H](/C=C/[C@@H](C)OC(C)=O)C(C)(C)C. The molecule has 0 aromatic heterocycles. The van der Waals surface area contributed by atoms with Crippen molar-refractivity contribution in [1.29, 1.82) is 0 Å². The molecule has 0 aliphatic rings. The summed E-state index contributed by atoms with van der Waals surface area (Å²) in [5.74, 6) is -0.942. The number of carbonyl (C=O) groups excluding carboxylic acids is 2. The second-order valence-corrected chi connectivity index (χ2v) is 5.30. The Morgan fingerprint density at radius 1 is 1.22 bits per heavy atom. The molecule has 0 rings (SSSR count). The largest absolute Gasteiger partial charge is 0.466 e. The lowest BCUT2D eigenvalue weighted by atomic mass is 9.80. The Labute approximate surface area is 109 Å². The Balaban J connectivity index is 4.75. The number of hydrogen-bond acceptors (Lipinski definition) is 4. The van der Waals surface area contributed by atoms with Crippen LogP contribution >= 0.6 is 0 Å². The Morgan fingerprint density at radius 2 is 1.78 bits per heavy atom. The molecule has 0 saturated heterocycles. The minimum Gasteiger partial charge on any atom is -0.466 e. The highest BCUT2D eigenvalue weighted by molar-refractivity contribution is 5.75. The molecule has 0 aromatic carbocycles. The lowest BCUT2D eigenvalue weighted by Crippen LogP contribution is -2.29. The van der Waals surface area contributed by atoms with Crippen molar-refractivity contribution in [1.82, 2.24) is 0 Å². The fraction of sp³-hybridized carbons (Fsp3) is 0.714. The first-order valence-corrected chi connectivity index (χ1v) is 6.20. The average molecular weight is 256 g/mol. The van der Waals surface area contributed by atoms with Crippen LogP contribution in [0.3, 0.4) is 0 Å². The fourth-order valence-electron chi connectivity index (χ4n) is 1.52. The number of rotatable bonds is 5. The molecule has 0 aliphatic carbocycles. The van der Waals surface area contributed by atoms with E-state index in [1.165, 1.54) is 6.92 Å². The first kappa shape index (κ1) is 16.7. The molecule has 0 bridgehead atoms. The number of hydrogen-bond donors (Lipinski definition) is 0. The van der Waals surface area contributed by atoms with Gasteiger partial charge in [0.1, 0.15) is 6.10 Å². The molecule has 0 radical (unpaired) electrons. The van der Waals surface area contributed by atoms with Crippen LogP contribution in [0.4, 0.5) is 0 Å². The van der Waals surface area contributed by atoms with E-state index in [4.69, 9.17) is 9.47 Å². The smallest absolute Gasteiger partial charge is 0.313 e. The van der Waals surface area contributed by atoms with Gasteiger partial charge in [-0.05, 0) is 25.3 Å². The van der Waals surface area contributed by atoms with Crippen molar-refractivity contribution in [2.75, 3.05) is 6.61 Å². The summed E-state index contributed by atoms with van der Waals surface area (Å²) >= 11 is 0.